The second kappa shape index (κ2) is 12.5. The molecule has 1 aromatic carbocycles. The molecule has 1 aromatic rings. The first-order valence-corrected chi connectivity index (χ1v) is 11.8. The minimum Gasteiger partial charge on any atom is -0.371 e. The van der Waals surface area contributed by atoms with E-state index < -0.39 is 0 Å². The second-order valence-electron chi connectivity index (χ2n) is 8.38. The van der Waals surface area contributed by atoms with Gasteiger partial charge in [0, 0.05) is 44.0 Å². The SMILES string of the molecule is CCCCNC(=O)Nc1ccc(N2CCCC2)c(C(=O)NCCC[NH+]2CCOCC2)c1. The molecule has 2 heterocycles. The maximum Gasteiger partial charge on any atom is 0.319 e. The monoisotopic (exact) mass is 432 g/mol. The van der Waals surface area contributed by atoms with Crippen LogP contribution in [0, 0.1) is 0 Å². The smallest absolute Gasteiger partial charge is 0.319 e. The molecule has 0 atom stereocenters. The Kier molecular flexibility index (Phi) is 9.42. The molecule has 172 valence electrons. The lowest BCUT2D eigenvalue weighted by molar-refractivity contribution is -0.908. The molecule has 8 heteroatoms. The Morgan fingerprint density at radius 2 is 1.81 bits per heavy atom. The Morgan fingerprint density at radius 3 is 2.55 bits per heavy atom. The molecule has 8 nitrogen and oxygen atoms in total. The molecular weight excluding hydrogens is 394 g/mol. The van der Waals surface area contributed by atoms with Gasteiger partial charge in [-0.05, 0) is 37.5 Å². The molecule has 0 radical (unpaired) electrons. The number of anilines is 2. The van der Waals surface area contributed by atoms with Crippen LogP contribution in [0.4, 0.5) is 16.2 Å². The molecule has 0 saturated carbocycles. The van der Waals surface area contributed by atoms with Gasteiger partial charge in [0.05, 0.1) is 25.3 Å². The van der Waals surface area contributed by atoms with E-state index in [0.717, 1.165) is 83.7 Å². The van der Waals surface area contributed by atoms with Crippen LogP contribution >= 0.6 is 0 Å². The fraction of sp³-hybridized carbons (Fsp3) is 0.652. The lowest BCUT2D eigenvalue weighted by Crippen LogP contribution is -3.14. The Labute approximate surface area is 185 Å². The highest BCUT2D eigenvalue weighted by Crippen LogP contribution is 2.27. The number of hydrogen-bond acceptors (Lipinski definition) is 4. The quantitative estimate of drug-likeness (QED) is 0.419. The van der Waals surface area contributed by atoms with Crippen molar-refractivity contribution in [3.05, 3.63) is 23.8 Å². The number of benzene rings is 1. The number of ether oxygens (including phenoxy) is 1. The van der Waals surface area contributed by atoms with Crippen molar-refractivity contribution < 1.29 is 19.2 Å². The number of nitrogens with one attached hydrogen (secondary N) is 4. The summed E-state index contributed by atoms with van der Waals surface area (Å²) in [7, 11) is 0. The van der Waals surface area contributed by atoms with Gasteiger partial charge in [-0.1, -0.05) is 13.3 Å². The van der Waals surface area contributed by atoms with E-state index in [2.05, 4.69) is 27.8 Å². The summed E-state index contributed by atoms with van der Waals surface area (Å²) in [5.74, 6) is -0.0751. The third-order valence-corrected chi connectivity index (χ3v) is 5.95. The van der Waals surface area contributed by atoms with Gasteiger partial charge in [0.15, 0.2) is 0 Å². The maximum absolute atomic E-state index is 13.0. The van der Waals surface area contributed by atoms with E-state index in [1.54, 1.807) is 11.0 Å². The second-order valence-corrected chi connectivity index (χ2v) is 8.38. The van der Waals surface area contributed by atoms with Gasteiger partial charge in [-0.25, -0.2) is 4.79 Å². The number of morpholine rings is 1. The lowest BCUT2D eigenvalue weighted by Gasteiger charge is -2.24. The van der Waals surface area contributed by atoms with Gasteiger partial charge in [-0.3, -0.25) is 4.79 Å². The summed E-state index contributed by atoms with van der Waals surface area (Å²) in [6.45, 7) is 10.1. The predicted octanol–water partition coefficient (Wildman–Crippen LogP) is 1.24. The average molecular weight is 433 g/mol. The third kappa shape index (κ3) is 7.40. The first kappa shape index (κ1) is 23.3. The van der Waals surface area contributed by atoms with Crippen molar-refractivity contribution in [2.45, 2.75) is 39.0 Å². The molecule has 0 bridgehead atoms. The van der Waals surface area contributed by atoms with Crippen LogP contribution in [0.15, 0.2) is 18.2 Å². The average Bonchev–Trinajstić information content (AvgIpc) is 3.32. The van der Waals surface area contributed by atoms with Gasteiger partial charge in [0.2, 0.25) is 0 Å². The van der Waals surface area contributed by atoms with E-state index >= 15 is 0 Å². The highest BCUT2D eigenvalue weighted by molar-refractivity contribution is 6.02. The van der Waals surface area contributed by atoms with Crippen molar-refractivity contribution in [1.29, 1.82) is 0 Å². The van der Waals surface area contributed by atoms with E-state index in [-0.39, 0.29) is 11.9 Å². The summed E-state index contributed by atoms with van der Waals surface area (Å²) in [4.78, 5) is 29.0. The number of hydrogen-bond donors (Lipinski definition) is 4. The number of quaternary nitrogens is 1. The van der Waals surface area contributed by atoms with E-state index in [4.69, 9.17) is 4.74 Å². The fourth-order valence-corrected chi connectivity index (χ4v) is 4.13. The predicted molar refractivity (Wildman–Crippen MR) is 123 cm³/mol. The number of carbonyl (C=O) groups excluding carboxylic acids is 2. The minimum atomic E-state index is -0.234. The molecular formula is C23H38N5O3+. The molecule has 31 heavy (non-hydrogen) atoms. The van der Waals surface area contributed by atoms with Gasteiger partial charge in [0.1, 0.15) is 13.1 Å². The van der Waals surface area contributed by atoms with Gasteiger partial charge < -0.3 is 30.5 Å². The highest BCUT2D eigenvalue weighted by Gasteiger charge is 2.21. The molecule has 0 aliphatic carbocycles. The van der Waals surface area contributed by atoms with Gasteiger partial charge in [0.25, 0.3) is 5.91 Å². The zero-order chi connectivity index (χ0) is 21.9. The normalized spacial score (nSPS) is 16.9. The molecule has 2 saturated heterocycles. The molecule has 2 aliphatic heterocycles. The van der Waals surface area contributed by atoms with Crippen LogP contribution in [0.5, 0.6) is 0 Å². The zero-order valence-electron chi connectivity index (χ0n) is 18.8. The Morgan fingerprint density at radius 1 is 1.06 bits per heavy atom. The first-order chi connectivity index (χ1) is 15.2. The summed E-state index contributed by atoms with van der Waals surface area (Å²) in [5.41, 5.74) is 2.22. The van der Waals surface area contributed by atoms with E-state index in [9.17, 15) is 9.59 Å². The van der Waals surface area contributed by atoms with Crippen LogP contribution in [0.3, 0.4) is 0 Å². The maximum atomic E-state index is 13.0. The van der Waals surface area contributed by atoms with Crippen LogP contribution in [0.2, 0.25) is 0 Å². The fourth-order valence-electron chi connectivity index (χ4n) is 4.13. The largest absolute Gasteiger partial charge is 0.371 e. The molecule has 3 rings (SSSR count). The molecule has 0 aromatic heterocycles. The van der Waals surface area contributed by atoms with Crippen molar-refractivity contribution in [3.63, 3.8) is 0 Å². The number of urea groups is 1. The summed E-state index contributed by atoms with van der Waals surface area (Å²) in [6, 6.07) is 5.41. The lowest BCUT2D eigenvalue weighted by atomic mass is 10.1. The Bertz CT molecular complexity index is 715. The molecule has 4 N–H and O–H groups in total. The number of rotatable bonds is 10. The molecule has 3 amide bonds. The van der Waals surface area contributed by atoms with Gasteiger partial charge in [-0.15, -0.1) is 0 Å². The number of carbonyl (C=O) groups is 2. The zero-order valence-corrected chi connectivity index (χ0v) is 18.8. The summed E-state index contributed by atoms with van der Waals surface area (Å²) < 4.78 is 5.40. The third-order valence-electron chi connectivity index (χ3n) is 5.95. The highest BCUT2D eigenvalue weighted by atomic mass is 16.5. The molecule has 0 spiro atoms. The number of amides is 3. The molecule has 2 aliphatic rings. The van der Waals surface area contributed by atoms with Crippen LogP contribution in [-0.4, -0.2) is 71.0 Å². The number of nitrogens with zero attached hydrogens (tertiary/aromatic N) is 1. The first-order valence-electron chi connectivity index (χ1n) is 11.8. The van der Waals surface area contributed by atoms with Crippen LogP contribution in [0.25, 0.3) is 0 Å². The van der Waals surface area contributed by atoms with Crippen molar-refractivity contribution in [2.24, 2.45) is 0 Å². The molecule has 2 fully saturated rings. The van der Waals surface area contributed by atoms with Gasteiger partial charge >= 0.3 is 6.03 Å². The van der Waals surface area contributed by atoms with E-state index in [1.165, 1.54) is 0 Å². The molecule has 0 unspecified atom stereocenters. The summed E-state index contributed by atoms with van der Waals surface area (Å²) in [6.07, 6.45) is 5.20. The van der Waals surface area contributed by atoms with Crippen LogP contribution < -0.4 is 25.8 Å². The van der Waals surface area contributed by atoms with E-state index in [0.29, 0.717) is 24.3 Å². The number of unbranched alkanes of at least 4 members (excludes halogenated alkanes) is 1. The van der Waals surface area contributed by atoms with Crippen LogP contribution in [-0.2, 0) is 4.74 Å². The van der Waals surface area contributed by atoms with Crippen molar-refractivity contribution in [2.75, 3.05) is 69.2 Å². The van der Waals surface area contributed by atoms with Crippen molar-refractivity contribution in [1.82, 2.24) is 10.6 Å². The van der Waals surface area contributed by atoms with Crippen molar-refractivity contribution >= 4 is 23.3 Å². The van der Waals surface area contributed by atoms with Crippen molar-refractivity contribution in [3.8, 4) is 0 Å². The Balaban J connectivity index is 1.59. The Hall–Kier alpha value is -2.32. The van der Waals surface area contributed by atoms with Gasteiger partial charge in [-0.2, -0.15) is 0 Å². The van der Waals surface area contributed by atoms with E-state index in [1.807, 2.05) is 12.1 Å². The minimum absolute atomic E-state index is 0.0751. The van der Waals surface area contributed by atoms with Crippen LogP contribution in [0.1, 0.15) is 49.4 Å². The summed E-state index contributed by atoms with van der Waals surface area (Å²) in [5, 5.41) is 8.80. The standard InChI is InChI=1S/C23H37N5O3/c1-2-3-9-25-23(30)26-19-7-8-21(28-12-4-5-13-28)20(18-19)22(29)24-10-6-11-27-14-16-31-17-15-27/h7-8,18H,2-6,9-17H2,1H3,(H,24,29)(H2,25,26,30)/p+1. The topological polar surface area (TPSA) is 87.1 Å². The summed E-state index contributed by atoms with van der Waals surface area (Å²) >= 11 is 0.